The minimum atomic E-state index is -0.264. The van der Waals surface area contributed by atoms with Gasteiger partial charge in [0.25, 0.3) is 0 Å². The highest BCUT2D eigenvalue weighted by molar-refractivity contribution is 5.67. The summed E-state index contributed by atoms with van der Waals surface area (Å²) < 4.78 is 13.1. The quantitative estimate of drug-likeness (QED) is 0.591. The van der Waals surface area contributed by atoms with E-state index in [-0.39, 0.29) is 5.82 Å². The second kappa shape index (κ2) is 4.82. The molecule has 0 amide bonds. The Kier molecular flexibility index (Phi) is 3.72. The van der Waals surface area contributed by atoms with Crippen LogP contribution in [0.3, 0.4) is 0 Å². The van der Waals surface area contributed by atoms with Crippen molar-refractivity contribution in [1.29, 1.82) is 0 Å². The average molecular weight is 208 g/mol. The molecule has 0 atom stereocenters. The maximum absolute atomic E-state index is 13.1. The van der Waals surface area contributed by atoms with Crippen LogP contribution in [-0.4, -0.2) is 6.54 Å². The van der Waals surface area contributed by atoms with E-state index in [1.165, 1.54) is 11.6 Å². The lowest BCUT2D eigenvalue weighted by molar-refractivity contribution is 0.619. The molecule has 0 unspecified atom stereocenters. The zero-order valence-corrected chi connectivity index (χ0v) is 9.39. The number of allylic oxidation sites excluding steroid dienone is 1. The Morgan fingerprint density at radius 3 is 2.73 bits per heavy atom. The highest BCUT2D eigenvalue weighted by Crippen LogP contribution is 2.22. The summed E-state index contributed by atoms with van der Waals surface area (Å²) in [5.41, 5.74) is 8.75. The predicted octanol–water partition coefficient (Wildman–Crippen LogP) is 3.09. The largest absolute Gasteiger partial charge is 0.397 e. The third-order valence-electron chi connectivity index (χ3n) is 2.13. The van der Waals surface area contributed by atoms with Crippen molar-refractivity contribution < 1.29 is 4.39 Å². The van der Waals surface area contributed by atoms with Gasteiger partial charge >= 0.3 is 0 Å². The Morgan fingerprint density at radius 1 is 1.47 bits per heavy atom. The van der Waals surface area contributed by atoms with E-state index in [4.69, 9.17) is 5.73 Å². The Hall–Kier alpha value is -1.51. The van der Waals surface area contributed by atoms with Crippen LogP contribution in [0, 0.1) is 12.7 Å². The van der Waals surface area contributed by atoms with E-state index >= 15 is 0 Å². The molecule has 0 saturated carbocycles. The van der Waals surface area contributed by atoms with Crippen LogP contribution >= 0.6 is 0 Å². The Bertz CT molecular complexity index is 379. The number of nitrogen functional groups attached to an aromatic ring is 1. The first-order valence-electron chi connectivity index (χ1n) is 4.93. The van der Waals surface area contributed by atoms with Crippen molar-refractivity contribution in [2.75, 3.05) is 17.6 Å². The number of aryl methyl sites for hydroxylation is 1. The minimum Gasteiger partial charge on any atom is -0.397 e. The SMILES string of the molecule is CC(C)=CCNc1cc(C)c(F)cc1N. The molecule has 0 aliphatic heterocycles. The maximum Gasteiger partial charge on any atom is 0.128 e. The summed E-state index contributed by atoms with van der Waals surface area (Å²) in [6.07, 6.45) is 2.05. The number of hydrogen-bond donors (Lipinski definition) is 2. The second-order valence-corrected chi connectivity index (χ2v) is 3.85. The molecule has 3 N–H and O–H groups in total. The van der Waals surface area contributed by atoms with Crippen molar-refractivity contribution in [3.63, 3.8) is 0 Å². The van der Waals surface area contributed by atoms with Gasteiger partial charge in [0.2, 0.25) is 0 Å². The van der Waals surface area contributed by atoms with Crippen LogP contribution in [0.2, 0.25) is 0 Å². The zero-order chi connectivity index (χ0) is 11.4. The van der Waals surface area contributed by atoms with E-state index in [2.05, 4.69) is 11.4 Å². The van der Waals surface area contributed by atoms with Crippen molar-refractivity contribution in [3.8, 4) is 0 Å². The average Bonchev–Trinajstić information content (AvgIpc) is 2.13. The molecule has 15 heavy (non-hydrogen) atoms. The monoisotopic (exact) mass is 208 g/mol. The van der Waals surface area contributed by atoms with Gasteiger partial charge in [-0.15, -0.1) is 0 Å². The van der Waals surface area contributed by atoms with E-state index in [1.54, 1.807) is 13.0 Å². The molecule has 0 bridgehead atoms. The van der Waals surface area contributed by atoms with Gasteiger partial charge in [-0.1, -0.05) is 11.6 Å². The first kappa shape index (κ1) is 11.6. The van der Waals surface area contributed by atoms with Crippen LogP contribution in [-0.2, 0) is 0 Å². The van der Waals surface area contributed by atoms with Gasteiger partial charge in [0.15, 0.2) is 0 Å². The van der Waals surface area contributed by atoms with Crippen LogP contribution in [0.5, 0.6) is 0 Å². The van der Waals surface area contributed by atoms with Crippen LogP contribution in [0.1, 0.15) is 19.4 Å². The summed E-state index contributed by atoms with van der Waals surface area (Å²) >= 11 is 0. The first-order chi connectivity index (χ1) is 7.00. The molecule has 0 aliphatic carbocycles. The van der Waals surface area contributed by atoms with Crippen molar-refractivity contribution >= 4 is 11.4 Å². The van der Waals surface area contributed by atoms with E-state index in [1.807, 2.05) is 13.8 Å². The normalized spacial score (nSPS) is 9.87. The summed E-state index contributed by atoms with van der Waals surface area (Å²) in [6, 6.07) is 3.07. The van der Waals surface area contributed by atoms with Crippen molar-refractivity contribution in [3.05, 3.63) is 35.2 Å². The molecule has 0 saturated heterocycles. The standard InChI is InChI=1S/C12H17FN2/c1-8(2)4-5-15-12-6-9(3)10(13)7-11(12)14/h4,6-7,15H,5,14H2,1-3H3. The topological polar surface area (TPSA) is 38.0 Å². The summed E-state index contributed by atoms with van der Waals surface area (Å²) in [4.78, 5) is 0. The number of anilines is 2. The molecule has 0 spiro atoms. The number of rotatable bonds is 3. The van der Waals surface area contributed by atoms with Crippen molar-refractivity contribution in [2.45, 2.75) is 20.8 Å². The van der Waals surface area contributed by atoms with Gasteiger partial charge in [0.05, 0.1) is 11.4 Å². The van der Waals surface area contributed by atoms with Crippen LogP contribution < -0.4 is 11.1 Å². The van der Waals surface area contributed by atoms with Gasteiger partial charge in [0, 0.05) is 6.54 Å². The van der Waals surface area contributed by atoms with E-state index < -0.39 is 0 Å². The summed E-state index contributed by atoms with van der Waals surface area (Å²) in [5, 5.41) is 3.14. The lowest BCUT2D eigenvalue weighted by Crippen LogP contribution is -2.03. The smallest absolute Gasteiger partial charge is 0.128 e. The van der Waals surface area contributed by atoms with Crippen molar-refractivity contribution in [1.82, 2.24) is 0 Å². The maximum atomic E-state index is 13.1. The lowest BCUT2D eigenvalue weighted by atomic mass is 10.2. The zero-order valence-electron chi connectivity index (χ0n) is 9.39. The lowest BCUT2D eigenvalue weighted by Gasteiger charge is -2.09. The fourth-order valence-corrected chi connectivity index (χ4v) is 1.22. The van der Waals surface area contributed by atoms with Gasteiger partial charge in [-0.05, 0) is 38.5 Å². The molecular formula is C12H17FN2. The molecule has 0 fully saturated rings. The van der Waals surface area contributed by atoms with Gasteiger partial charge in [-0.2, -0.15) is 0 Å². The fraction of sp³-hybridized carbons (Fsp3) is 0.333. The van der Waals surface area contributed by atoms with Gasteiger partial charge in [-0.25, -0.2) is 4.39 Å². The van der Waals surface area contributed by atoms with Crippen molar-refractivity contribution in [2.24, 2.45) is 0 Å². The summed E-state index contributed by atoms with van der Waals surface area (Å²) in [6.45, 7) is 6.49. The van der Waals surface area contributed by atoms with Gasteiger partial charge in [-0.3, -0.25) is 0 Å². The number of halogens is 1. The van der Waals surface area contributed by atoms with Crippen LogP contribution in [0.15, 0.2) is 23.8 Å². The van der Waals surface area contributed by atoms with E-state index in [0.717, 1.165) is 5.69 Å². The predicted molar refractivity (Wildman–Crippen MR) is 63.5 cm³/mol. The fourth-order valence-electron chi connectivity index (χ4n) is 1.22. The summed E-state index contributed by atoms with van der Waals surface area (Å²) in [5.74, 6) is -0.264. The third-order valence-corrected chi connectivity index (χ3v) is 2.13. The van der Waals surface area contributed by atoms with Gasteiger partial charge < -0.3 is 11.1 Å². The number of hydrogen-bond acceptors (Lipinski definition) is 2. The molecule has 1 aromatic rings. The second-order valence-electron chi connectivity index (χ2n) is 3.85. The minimum absolute atomic E-state index is 0.264. The molecule has 3 heteroatoms. The Balaban J connectivity index is 2.77. The molecule has 0 heterocycles. The number of benzene rings is 1. The van der Waals surface area contributed by atoms with E-state index in [0.29, 0.717) is 17.8 Å². The summed E-state index contributed by atoms with van der Waals surface area (Å²) in [7, 11) is 0. The molecular weight excluding hydrogens is 191 g/mol. The van der Waals surface area contributed by atoms with Gasteiger partial charge in [0.1, 0.15) is 5.82 Å². The molecule has 0 aromatic heterocycles. The first-order valence-corrected chi connectivity index (χ1v) is 4.93. The molecule has 82 valence electrons. The van der Waals surface area contributed by atoms with Crippen LogP contribution in [0.25, 0.3) is 0 Å². The highest BCUT2D eigenvalue weighted by atomic mass is 19.1. The molecule has 2 nitrogen and oxygen atoms in total. The molecule has 1 aromatic carbocycles. The Morgan fingerprint density at radius 2 is 2.13 bits per heavy atom. The van der Waals surface area contributed by atoms with Crippen LogP contribution in [0.4, 0.5) is 15.8 Å². The highest BCUT2D eigenvalue weighted by Gasteiger charge is 2.03. The number of nitrogens with one attached hydrogen (secondary N) is 1. The number of nitrogens with two attached hydrogens (primary N) is 1. The molecule has 1 rings (SSSR count). The Labute approximate surface area is 90.0 Å². The molecule has 0 aliphatic rings. The van der Waals surface area contributed by atoms with E-state index in [9.17, 15) is 4.39 Å². The third kappa shape index (κ3) is 3.27. The molecule has 0 radical (unpaired) electrons.